The van der Waals surface area contributed by atoms with Gasteiger partial charge in [-0.3, -0.25) is 14.4 Å². The third-order valence-corrected chi connectivity index (χ3v) is 5.44. The Morgan fingerprint density at radius 1 is 0.971 bits per heavy atom. The highest BCUT2D eigenvalue weighted by Gasteiger charge is 2.32. The van der Waals surface area contributed by atoms with Gasteiger partial charge in [-0.05, 0) is 44.7 Å². The third kappa shape index (κ3) is 10.1. The maximum atomic E-state index is 12.9. The molecule has 5 unspecified atom stereocenters. The van der Waals surface area contributed by atoms with Gasteiger partial charge >= 0.3 is 5.97 Å². The van der Waals surface area contributed by atoms with Gasteiger partial charge in [0.05, 0.1) is 12.1 Å². The van der Waals surface area contributed by atoms with Crippen LogP contribution in [0.1, 0.15) is 31.7 Å². The Kier molecular flexibility index (Phi) is 13.2. The number of nitrogens with one attached hydrogen (secondary N) is 3. The van der Waals surface area contributed by atoms with E-state index < -0.39 is 54.0 Å². The number of thiol groups is 1. The number of carbonyl (C=O) groups excluding carboxylic acids is 3. The van der Waals surface area contributed by atoms with Crippen LogP contribution in [0.5, 0.6) is 0 Å². The molecule has 0 bridgehead atoms. The van der Waals surface area contributed by atoms with Crippen molar-refractivity contribution in [1.29, 1.82) is 0 Å². The number of aliphatic carboxylic acids is 1. The molecule has 0 spiro atoms. The van der Waals surface area contributed by atoms with E-state index in [1.807, 2.05) is 30.3 Å². The molecular formula is C22H35N5O6S. The number of hydrogen-bond acceptors (Lipinski definition) is 8. The van der Waals surface area contributed by atoms with E-state index in [1.165, 1.54) is 6.92 Å². The van der Waals surface area contributed by atoms with E-state index in [0.29, 0.717) is 19.4 Å². The fourth-order valence-corrected chi connectivity index (χ4v) is 3.35. The molecule has 190 valence electrons. The van der Waals surface area contributed by atoms with E-state index in [2.05, 4.69) is 28.6 Å². The molecule has 0 heterocycles. The zero-order chi connectivity index (χ0) is 25.7. The molecule has 0 aliphatic rings. The van der Waals surface area contributed by atoms with Crippen LogP contribution in [0.25, 0.3) is 0 Å². The van der Waals surface area contributed by atoms with E-state index in [1.54, 1.807) is 0 Å². The second-order valence-electron chi connectivity index (χ2n) is 7.95. The summed E-state index contributed by atoms with van der Waals surface area (Å²) in [5, 5.41) is 26.5. The van der Waals surface area contributed by atoms with Gasteiger partial charge in [0.2, 0.25) is 17.7 Å². The minimum Gasteiger partial charge on any atom is -0.480 e. The molecule has 34 heavy (non-hydrogen) atoms. The van der Waals surface area contributed by atoms with E-state index in [4.69, 9.17) is 16.6 Å². The van der Waals surface area contributed by atoms with Gasteiger partial charge in [0.15, 0.2) is 0 Å². The molecule has 5 atom stereocenters. The first-order chi connectivity index (χ1) is 16.1. The monoisotopic (exact) mass is 497 g/mol. The molecule has 0 aliphatic heterocycles. The highest BCUT2D eigenvalue weighted by atomic mass is 32.1. The van der Waals surface area contributed by atoms with Gasteiger partial charge in [-0.1, -0.05) is 30.3 Å². The molecule has 1 rings (SSSR count). The van der Waals surface area contributed by atoms with Crippen LogP contribution in [0.4, 0.5) is 0 Å². The molecule has 0 fully saturated rings. The maximum absolute atomic E-state index is 12.9. The van der Waals surface area contributed by atoms with Crippen molar-refractivity contribution >= 4 is 36.3 Å². The summed E-state index contributed by atoms with van der Waals surface area (Å²) < 4.78 is 0. The van der Waals surface area contributed by atoms with E-state index in [-0.39, 0.29) is 18.6 Å². The predicted octanol–water partition coefficient (Wildman–Crippen LogP) is -1.46. The van der Waals surface area contributed by atoms with Gasteiger partial charge in [0.25, 0.3) is 0 Å². The zero-order valence-corrected chi connectivity index (χ0v) is 20.0. The highest BCUT2D eigenvalue weighted by Crippen LogP contribution is 2.06. The van der Waals surface area contributed by atoms with Crippen LogP contribution < -0.4 is 27.4 Å². The van der Waals surface area contributed by atoms with Crippen molar-refractivity contribution in [3.05, 3.63) is 35.9 Å². The van der Waals surface area contributed by atoms with Crippen molar-refractivity contribution in [2.75, 3.05) is 12.3 Å². The number of rotatable bonds is 15. The van der Waals surface area contributed by atoms with Gasteiger partial charge in [0.1, 0.15) is 18.1 Å². The van der Waals surface area contributed by atoms with E-state index in [9.17, 15) is 24.3 Å². The van der Waals surface area contributed by atoms with Crippen molar-refractivity contribution in [2.24, 2.45) is 11.5 Å². The number of aliphatic hydroxyl groups excluding tert-OH is 1. The second-order valence-corrected chi connectivity index (χ2v) is 8.32. The van der Waals surface area contributed by atoms with Crippen molar-refractivity contribution in [3.63, 3.8) is 0 Å². The molecule has 11 nitrogen and oxygen atoms in total. The summed E-state index contributed by atoms with van der Waals surface area (Å²) in [6.07, 6.45) is 0.193. The van der Waals surface area contributed by atoms with E-state index >= 15 is 0 Å². The minimum absolute atomic E-state index is 0.143. The molecule has 0 saturated heterocycles. The summed E-state index contributed by atoms with van der Waals surface area (Å²) in [5.74, 6) is -3.58. The van der Waals surface area contributed by atoms with Gasteiger partial charge in [-0.2, -0.15) is 12.6 Å². The average molecular weight is 498 g/mol. The van der Waals surface area contributed by atoms with Gasteiger partial charge in [0, 0.05) is 5.75 Å². The summed E-state index contributed by atoms with van der Waals surface area (Å²) in [7, 11) is 0. The number of nitrogens with two attached hydrogens (primary N) is 2. The Morgan fingerprint density at radius 3 is 2.12 bits per heavy atom. The smallest absolute Gasteiger partial charge is 0.327 e. The number of carboxylic acid groups (broad SMARTS) is 1. The second kappa shape index (κ2) is 15.3. The van der Waals surface area contributed by atoms with Crippen LogP contribution >= 0.6 is 12.6 Å². The molecular weight excluding hydrogens is 462 g/mol. The third-order valence-electron chi connectivity index (χ3n) is 5.07. The number of carboxylic acids is 1. The van der Waals surface area contributed by atoms with Gasteiger partial charge in [-0.15, -0.1) is 0 Å². The Labute approximate surface area is 204 Å². The van der Waals surface area contributed by atoms with Gasteiger partial charge < -0.3 is 37.6 Å². The SMILES string of the molecule is CC(O)C(NC(=O)C(N)Cc1ccccc1)C(=O)NC(CCCCN)C(=O)NC(CS)C(=O)O. The van der Waals surface area contributed by atoms with Crippen LogP contribution in [0.3, 0.4) is 0 Å². The van der Waals surface area contributed by atoms with Crippen molar-refractivity contribution in [3.8, 4) is 0 Å². The molecule has 3 amide bonds. The molecule has 12 heteroatoms. The van der Waals surface area contributed by atoms with Crippen molar-refractivity contribution < 1.29 is 29.4 Å². The predicted molar refractivity (Wildman–Crippen MR) is 130 cm³/mol. The molecule has 1 aromatic rings. The lowest BCUT2D eigenvalue weighted by Crippen LogP contribution is -2.60. The van der Waals surface area contributed by atoms with Crippen molar-refractivity contribution in [1.82, 2.24) is 16.0 Å². The average Bonchev–Trinajstić information content (AvgIpc) is 2.80. The number of unbranched alkanes of at least 4 members (excludes halogenated alkanes) is 1. The maximum Gasteiger partial charge on any atom is 0.327 e. The number of carbonyl (C=O) groups is 4. The van der Waals surface area contributed by atoms with Crippen molar-refractivity contribution in [2.45, 2.75) is 62.9 Å². The van der Waals surface area contributed by atoms with Crippen LogP contribution in [-0.4, -0.2) is 76.5 Å². The Bertz CT molecular complexity index is 810. The summed E-state index contributed by atoms with van der Waals surface area (Å²) in [6, 6.07) is 4.39. The number of hydrogen-bond donors (Lipinski definition) is 8. The molecule has 0 aromatic heterocycles. The Hall–Kier alpha value is -2.67. The fourth-order valence-electron chi connectivity index (χ4n) is 3.11. The Balaban J connectivity index is 2.88. The fraction of sp³-hybridized carbons (Fsp3) is 0.545. The largest absolute Gasteiger partial charge is 0.480 e. The Morgan fingerprint density at radius 2 is 1.59 bits per heavy atom. The molecule has 9 N–H and O–H groups in total. The highest BCUT2D eigenvalue weighted by molar-refractivity contribution is 7.80. The first-order valence-electron chi connectivity index (χ1n) is 11.0. The summed E-state index contributed by atoms with van der Waals surface area (Å²) >= 11 is 3.91. The lowest BCUT2D eigenvalue weighted by atomic mass is 10.0. The lowest BCUT2D eigenvalue weighted by molar-refractivity contribution is -0.141. The van der Waals surface area contributed by atoms with Crippen LogP contribution in [0.15, 0.2) is 30.3 Å². The summed E-state index contributed by atoms with van der Waals surface area (Å²) in [5.41, 5.74) is 12.3. The molecule has 0 aliphatic carbocycles. The topological polar surface area (TPSA) is 197 Å². The number of benzene rings is 1. The number of aliphatic hydroxyl groups is 1. The molecule has 0 saturated carbocycles. The quantitative estimate of drug-likeness (QED) is 0.106. The minimum atomic E-state index is -1.38. The summed E-state index contributed by atoms with van der Waals surface area (Å²) in [6.45, 7) is 1.69. The standard InChI is InChI=1S/C22H35N5O6S/c1-13(28)18(27-19(29)15(24)11-14-7-3-2-4-8-14)21(31)25-16(9-5-6-10-23)20(30)26-17(12-34)22(32)33/h2-4,7-8,13,15-18,28,34H,5-6,9-12,23-24H2,1H3,(H,25,31)(H,26,30)(H,27,29)(H,32,33). The normalized spacial score (nSPS) is 15.3. The van der Waals surface area contributed by atoms with Crippen LogP contribution in [0.2, 0.25) is 0 Å². The first kappa shape index (κ1) is 29.4. The lowest BCUT2D eigenvalue weighted by Gasteiger charge is -2.26. The van der Waals surface area contributed by atoms with Crippen LogP contribution in [-0.2, 0) is 25.6 Å². The van der Waals surface area contributed by atoms with E-state index in [0.717, 1.165) is 5.56 Å². The molecule has 0 radical (unpaired) electrons. The summed E-state index contributed by atoms with van der Waals surface area (Å²) in [4.78, 5) is 49.3. The van der Waals surface area contributed by atoms with Gasteiger partial charge in [-0.25, -0.2) is 4.79 Å². The number of amides is 3. The zero-order valence-electron chi connectivity index (χ0n) is 19.1. The van der Waals surface area contributed by atoms with Crippen LogP contribution in [0, 0.1) is 0 Å². The molecule has 1 aromatic carbocycles. The first-order valence-corrected chi connectivity index (χ1v) is 11.7.